The van der Waals surface area contributed by atoms with Gasteiger partial charge in [-0.25, -0.2) is 9.78 Å². The van der Waals surface area contributed by atoms with E-state index in [-0.39, 0.29) is 39.7 Å². The summed E-state index contributed by atoms with van der Waals surface area (Å²) in [5.74, 6) is -0.990. The number of aromatic nitrogens is 1. The predicted octanol–water partition coefficient (Wildman–Crippen LogP) is 1.94. The van der Waals surface area contributed by atoms with Crippen molar-refractivity contribution in [2.75, 3.05) is 0 Å². The first-order valence-electron chi connectivity index (χ1n) is 2.45. The third-order valence-corrected chi connectivity index (χ3v) is 0.884. The van der Waals surface area contributed by atoms with Gasteiger partial charge in [-0.3, -0.25) is 0 Å². The number of pyridine rings is 1. The van der Waals surface area contributed by atoms with Crippen molar-refractivity contribution in [3.8, 4) is 0 Å². The van der Waals surface area contributed by atoms with E-state index >= 15 is 0 Å². The molecule has 11 heavy (non-hydrogen) atoms. The van der Waals surface area contributed by atoms with Crippen molar-refractivity contribution in [2.24, 2.45) is 0 Å². The fraction of sp³-hybridized carbons (Fsp3) is 0. The minimum Gasteiger partial charge on any atom is -0.477 e. The monoisotopic (exact) mass is 283 g/mol. The molecule has 62 valence electrons. The van der Waals surface area contributed by atoms with E-state index in [2.05, 4.69) is 4.98 Å². The molecule has 0 aliphatic heterocycles. The normalized spacial score (nSPS) is 7.27. The Bertz CT molecular complexity index is 215. The molecule has 0 atom stereocenters. The minimum absolute atomic E-state index is 0. The maximum Gasteiger partial charge on any atom is 0.354 e. The number of rotatable bonds is 1. The van der Waals surface area contributed by atoms with E-state index < -0.39 is 5.97 Å². The summed E-state index contributed by atoms with van der Waals surface area (Å²) in [6, 6.07) is 4.76. The van der Waals surface area contributed by atoms with Gasteiger partial charge in [0.25, 0.3) is 0 Å². The van der Waals surface area contributed by atoms with Crippen LogP contribution in [0.4, 0.5) is 0 Å². The third kappa shape index (κ3) is 4.10. The Morgan fingerprint density at radius 2 is 2.00 bits per heavy atom. The van der Waals surface area contributed by atoms with Gasteiger partial charge in [0.1, 0.15) is 5.69 Å². The number of carboxylic acid groups (broad SMARTS) is 1. The van der Waals surface area contributed by atoms with Crippen LogP contribution in [0.3, 0.4) is 0 Å². The van der Waals surface area contributed by atoms with Crippen molar-refractivity contribution in [1.82, 2.24) is 4.98 Å². The summed E-state index contributed by atoms with van der Waals surface area (Å²) in [4.78, 5) is 13.7. The van der Waals surface area contributed by atoms with Crippen molar-refractivity contribution in [2.45, 2.75) is 0 Å². The van der Waals surface area contributed by atoms with E-state index in [0.29, 0.717) is 0 Å². The maximum atomic E-state index is 10.1. The molecule has 1 rings (SSSR count). The van der Waals surface area contributed by atoms with Gasteiger partial charge >= 0.3 is 5.97 Å². The van der Waals surface area contributed by atoms with Crippen LogP contribution in [0.25, 0.3) is 0 Å². The van der Waals surface area contributed by atoms with E-state index in [1.54, 1.807) is 12.1 Å². The highest BCUT2D eigenvalue weighted by Gasteiger charge is 1.98. The molecule has 0 fully saturated rings. The Balaban J connectivity index is 0. The molecule has 0 saturated heterocycles. The summed E-state index contributed by atoms with van der Waals surface area (Å²) >= 11 is 0. The molecule has 5 heteroatoms. The lowest BCUT2D eigenvalue weighted by atomic mass is 10.4. The molecular formula is C6H7Br2NO2. The number of halogens is 2. The lowest BCUT2D eigenvalue weighted by Gasteiger charge is -1.87. The quantitative estimate of drug-likeness (QED) is 0.857. The predicted molar refractivity (Wildman–Crippen MR) is 51.8 cm³/mol. The molecule has 0 aromatic carbocycles. The molecule has 3 nitrogen and oxygen atoms in total. The molecule has 0 unspecified atom stereocenters. The highest BCUT2D eigenvalue weighted by molar-refractivity contribution is 8.93. The summed E-state index contributed by atoms with van der Waals surface area (Å²) in [7, 11) is 0. The lowest BCUT2D eigenvalue weighted by molar-refractivity contribution is 0.0690. The maximum absolute atomic E-state index is 10.1. The molecule has 0 saturated carbocycles. The highest BCUT2D eigenvalue weighted by Crippen LogP contribution is 1.90. The number of hydrogen-bond donors (Lipinski definition) is 1. The molecule has 1 heterocycles. The van der Waals surface area contributed by atoms with E-state index in [9.17, 15) is 4.79 Å². The smallest absolute Gasteiger partial charge is 0.354 e. The van der Waals surface area contributed by atoms with Gasteiger partial charge in [-0.05, 0) is 12.1 Å². The Kier molecular flexibility index (Phi) is 7.55. The van der Waals surface area contributed by atoms with E-state index in [4.69, 9.17) is 5.11 Å². The van der Waals surface area contributed by atoms with E-state index in [1.165, 1.54) is 12.3 Å². The number of carbonyl (C=O) groups is 1. The highest BCUT2D eigenvalue weighted by atomic mass is 79.9. The molecule has 1 aromatic rings. The zero-order valence-electron chi connectivity index (χ0n) is 5.43. The molecule has 1 aromatic heterocycles. The van der Waals surface area contributed by atoms with Gasteiger partial charge in [0.15, 0.2) is 0 Å². The van der Waals surface area contributed by atoms with Crippen LogP contribution < -0.4 is 0 Å². The van der Waals surface area contributed by atoms with E-state index in [1.807, 2.05) is 0 Å². The van der Waals surface area contributed by atoms with Crippen LogP contribution in [0.1, 0.15) is 10.5 Å². The van der Waals surface area contributed by atoms with Crippen molar-refractivity contribution >= 4 is 39.9 Å². The number of nitrogens with zero attached hydrogens (tertiary/aromatic N) is 1. The molecule has 0 amide bonds. The van der Waals surface area contributed by atoms with Gasteiger partial charge in [-0.15, -0.1) is 34.0 Å². The summed E-state index contributed by atoms with van der Waals surface area (Å²) in [6.45, 7) is 0. The fourth-order valence-electron chi connectivity index (χ4n) is 0.489. The van der Waals surface area contributed by atoms with Crippen LogP contribution in [0, 0.1) is 0 Å². The van der Waals surface area contributed by atoms with Crippen LogP contribution in [-0.4, -0.2) is 16.1 Å². The van der Waals surface area contributed by atoms with Gasteiger partial charge in [0.2, 0.25) is 0 Å². The summed E-state index contributed by atoms with van der Waals surface area (Å²) in [5.41, 5.74) is 0.0810. The number of carboxylic acids is 1. The largest absolute Gasteiger partial charge is 0.477 e. The Hall–Kier alpha value is -0.420. The standard InChI is InChI=1S/C6H5NO2.2BrH/c8-6(9)5-3-1-2-4-7-5;;/h1-4H,(H,8,9);2*1H. The van der Waals surface area contributed by atoms with E-state index in [0.717, 1.165) is 0 Å². The summed E-state index contributed by atoms with van der Waals surface area (Å²) in [5, 5.41) is 8.32. The fourth-order valence-corrected chi connectivity index (χ4v) is 0.489. The average Bonchev–Trinajstić information content (AvgIpc) is 1.90. The molecule has 0 spiro atoms. The van der Waals surface area contributed by atoms with Crippen molar-refractivity contribution in [3.05, 3.63) is 30.1 Å². The summed E-state index contributed by atoms with van der Waals surface area (Å²) in [6.07, 6.45) is 1.45. The first kappa shape index (κ1) is 13.2. The average molecular weight is 285 g/mol. The molecular weight excluding hydrogens is 278 g/mol. The van der Waals surface area contributed by atoms with Crippen LogP contribution in [0.5, 0.6) is 0 Å². The SMILES string of the molecule is Br.Br.O=C(O)c1ccccn1. The van der Waals surface area contributed by atoms with Gasteiger partial charge in [-0.2, -0.15) is 0 Å². The Morgan fingerprint density at radius 1 is 1.36 bits per heavy atom. The van der Waals surface area contributed by atoms with Crippen LogP contribution in [0.2, 0.25) is 0 Å². The second-order valence-corrected chi connectivity index (χ2v) is 1.52. The lowest BCUT2D eigenvalue weighted by Crippen LogP contribution is -1.97. The molecule has 1 N–H and O–H groups in total. The van der Waals surface area contributed by atoms with Crippen molar-refractivity contribution in [1.29, 1.82) is 0 Å². The van der Waals surface area contributed by atoms with Crippen LogP contribution in [-0.2, 0) is 0 Å². The zero-order valence-corrected chi connectivity index (χ0v) is 8.85. The van der Waals surface area contributed by atoms with Gasteiger partial charge in [0.05, 0.1) is 0 Å². The van der Waals surface area contributed by atoms with Crippen LogP contribution >= 0.6 is 34.0 Å². The number of aromatic carboxylic acids is 1. The van der Waals surface area contributed by atoms with Gasteiger partial charge in [-0.1, -0.05) is 6.07 Å². The second kappa shape index (κ2) is 6.30. The first-order chi connectivity index (χ1) is 4.30. The van der Waals surface area contributed by atoms with Gasteiger partial charge < -0.3 is 5.11 Å². The molecule has 0 bridgehead atoms. The van der Waals surface area contributed by atoms with Crippen LogP contribution in [0.15, 0.2) is 24.4 Å². The molecule has 0 aliphatic carbocycles. The topological polar surface area (TPSA) is 50.2 Å². The second-order valence-electron chi connectivity index (χ2n) is 1.52. The van der Waals surface area contributed by atoms with Gasteiger partial charge in [0, 0.05) is 6.20 Å². The Morgan fingerprint density at radius 3 is 2.27 bits per heavy atom. The minimum atomic E-state index is -0.990. The first-order valence-corrected chi connectivity index (χ1v) is 2.45. The van der Waals surface area contributed by atoms with Crippen molar-refractivity contribution < 1.29 is 9.90 Å². The summed E-state index contributed by atoms with van der Waals surface area (Å²) < 4.78 is 0. The third-order valence-electron chi connectivity index (χ3n) is 0.884. The molecule has 0 aliphatic rings. The Labute approximate surface area is 85.0 Å². The zero-order chi connectivity index (χ0) is 6.69. The number of hydrogen-bond acceptors (Lipinski definition) is 2. The van der Waals surface area contributed by atoms with Crippen molar-refractivity contribution in [3.63, 3.8) is 0 Å². The molecule has 0 radical (unpaired) electrons.